The number of nitrogens with zero attached hydrogens (tertiary/aromatic N) is 1. The van der Waals surface area contributed by atoms with Gasteiger partial charge in [0.1, 0.15) is 6.61 Å². The average Bonchev–Trinajstić information content (AvgIpc) is 2.98. The number of primary amides is 1. The fourth-order valence-electron chi connectivity index (χ4n) is 2.46. The van der Waals surface area contributed by atoms with Crippen LogP contribution in [0.4, 0.5) is 9.59 Å². The summed E-state index contributed by atoms with van der Waals surface area (Å²) in [5.41, 5.74) is 6.46. The van der Waals surface area contributed by atoms with Crippen LogP contribution in [-0.4, -0.2) is 27.8 Å². The Labute approximate surface area is 147 Å². The first-order valence-corrected chi connectivity index (χ1v) is 7.52. The highest BCUT2D eigenvalue weighted by Crippen LogP contribution is 2.29. The number of ether oxygens (including phenoxy) is 2. The van der Waals surface area contributed by atoms with Gasteiger partial charge in [0, 0.05) is 10.9 Å². The standard InChI is InChI=1S/C18H14N2O6/c19-16(21)12-6-7-13-14(8-12)20(9-15(13)26-18(23)24)17(22)25-10-11-4-2-1-3-5-11/h1-9H,10H2,(H2,19,21)(H,23,24). The maximum atomic E-state index is 12.4. The third kappa shape index (κ3) is 3.48. The Morgan fingerprint density at radius 2 is 1.81 bits per heavy atom. The number of amides is 1. The molecule has 1 aromatic heterocycles. The lowest BCUT2D eigenvalue weighted by molar-refractivity contribution is 0.1000. The molecule has 0 saturated heterocycles. The van der Waals surface area contributed by atoms with E-state index in [4.69, 9.17) is 20.3 Å². The molecule has 1 heterocycles. The van der Waals surface area contributed by atoms with Crippen molar-refractivity contribution < 1.29 is 29.0 Å². The summed E-state index contributed by atoms with van der Waals surface area (Å²) in [7, 11) is 0. The molecule has 3 aromatic rings. The van der Waals surface area contributed by atoms with Gasteiger partial charge in [0.15, 0.2) is 5.75 Å². The maximum absolute atomic E-state index is 12.4. The summed E-state index contributed by atoms with van der Waals surface area (Å²) in [5.74, 6) is -0.738. The van der Waals surface area contributed by atoms with Crippen LogP contribution >= 0.6 is 0 Å². The zero-order chi connectivity index (χ0) is 18.7. The molecule has 3 rings (SSSR count). The van der Waals surface area contributed by atoms with Gasteiger partial charge in [-0.15, -0.1) is 0 Å². The molecule has 0 bridgehead atoms. The zero-order valence-electron chi connectivity index (χ0n) is 13.4. The average molecular weight is 354 g/mol. The molecule has 0 saturated carbocycles. The van der Waals surface area contributed by atoms with E-state index in [1.807, 2.05) is 18.2 Å². The van der Waals surface area contributed by atoms with Gasteiger partial charge in [0.2, 0.25) is 5.91 Å². The number of benzene rings is 2. The number of carboxylic acid groups (broad SMARTS) is 1. The molecule has 2 aromatic carbocycles. The molecular weight excluding hydrogens is 340 g/mol. The van der Waals surface area contributed by atoms with E-state index in [-0.39, 0.29) is 23.4 Å². The lowest BCUT2D eigenvalue weighted by atomic mass is 10.1. The Hall–Kier alpha value is -3.81. The molecule has 0 radical (unpaired) electrons. The predicted octanol–water partition coefficient (Wildman–Crippen LogP) is 2.98. The molecule has 0 fully saturated rings. The third-order valence-electron chi connectivity index (χ3n) is 3.65. The molecule has 0 aliphatic carbocycles. The second-order valence-corrected chi connectivity index (χ2v) is 5.37. The van der Waals surface area contributed by atoms with Crippen molar-refractivity contribution in [1.29, 1.82) is 0 Å². The summed E-state index contributed by atoms with van der Waals surface area (Å²) in [4.78, 5) is 34.7. The first-order valence-electron chi connectivity index (χ1n) is 7.52. The highest BCUT2D eigenvalue weighted by atomic mass is 16.7. The smallest absolute Gasteiger partial charge is 0.449 e. The van der Waals surface area contributed by atoms with Gasteiger partial charge in [-0.05, 0) is 23.8 Å². The molecule has 3 N–H and O–H groups in total. The van der Waals surface area contributed by atoms with Gasteiger partial charge >= 0.3 is 12.2 Å². The maximum Gasteiger partial charge on any atom is 0.511 e. The summed E-state index contributed by atoms with van der Waals surface area (Å²) in [6.45, 7) is 0.0317. The molecule has 0 aliphatic rings. The molecule has 1 amide bonds. The van der Waals surface area contributed by atoms with Gasteiger partial charge in [-0.25, -0.2) is 14.2 Å². The van der Waals surface area contributed by atoms with Gasteiger partial charge in [-0.2, -0.15) is 0 Å². The minimum Gasteiger partial charge on any atom is -0.449 e. The van der Waals surface area contributed by atoms with E-state index in [0.29, 0.717) is 5.39 Å². The number of hydrogen-bond acceptors (Lipinski definition) is 5. The number of rotatable bonds is 4. The Balaban J connectivity index is 1.97. The van der Waals surface area contributed by atoms with Crippen LogP contribution < -0.4 is 10.5 Å². The number of hydrogen-bond donors (Lipinski definition) is 2. The molecule has 0 unspecified atom stereocenters. The quantitative estimate of drug-likeness (QED) is 0.695. The first kappa shape index (κ1) is 17.0. The van der Waals surface area contributed by atoms with E-state index < -0.39 is 18.2 Å². The Kier molecular flexibility index (Phi) is 4.57. The van der Waals surface area contributed by atoms with Crippen molar-refractivity contribution in [3.63, 3.8) is 0 Å². The topological polar surface area (TPSA) is 121 Å². The zero-order valence-corrected chi connectivity index (χ0v) is 13.4. The molecule has 0 atom stereocenters. The lowest BCUT2D eigenvalue weighted by Crippen LogP contribution is -2.14. The third-order valence-corrected chi connectivity index (χ3v) is 3.65. The second kappa shape index (κ2) is 6.98. The van der Waals surface area contributed by atoms with Crippen molar-refractivity contribution in [2.75, 3.05) is 0 Å². The Morgan fingerprint density at radius 3 is 2.46 bits per heavy atom. The van der Waals surface area contributed by atoms with Crippen LogP contribution in [0, 0.1) is 0 Å². The van der Waals surface area contributed by atoms with Crippen molar-refractivity contribution >= 4 is 29.1 Å². The fourth-order valence-corrected chi connectivity index (χ4v) is 2.46. The highest BCUT2D eigenvalue weighted by molar-refractivity contribution is 6.01. The number of carbonyl (C=O) groups excluding carboxylic acids is 2. The molecule has 0 spiro atoms. The van der Waals surface area contributed by atoms with E-state index in [0.717, 1.165) is 10.1 Å². The molecular formula is C18H14N2O6. The number of fused-ring (bicyclic) bond motifs is 1. The van der Waals surface area contributed by atoms with Gasteiger partial charge in [-0.1, -0.05) is 30.3 Å². The van der Waals surface area contributed by atoms with Crippen molar-refractivity contribution in [1.82, 2.24) is 4.57 Å². The van der Waals surface area contributed by atoms with Crippen molar-refractivity contribution in [2.24, 2.45) is 5.73 Å². The van der Waals surface area contributed by atoms with E-state index >= 15 is 0 Å². The van der Waals surface area contributed by atoms with Crippen molar-refractivity contribution in [3.05, 3.63) is 65.9 Å². The monoisotopic (exact) mass is 354 g/mol. The SMILES string of the molecule is NC(=O)c1ccc2c(OC(=O)O)cn(C(=O)OCc3ccccc3)c2c1. The first-order chi connectivity index (χ1) is 12.5. The normalized spacial score (nSPS) is 10.5. The van der Waals surface area contributed by atoms with Crippen molar-refractivity contribution in [2.45, 2.75) is 6.61 Å². The van der Waals surface area contributed by atoms with Crippen LogP contribution in [0.3, 0.4) is 0 Å². The van der Waals surface area contributed by atoms with Crippen LogP contribution in [0.25, 0.3) is 10.9 Å². The van der Waals surface area contributed by atoms with Crippen LogP contribution in [0.1, 0.15) is 15.9 Å². The van der Waals surface area contributed by atoms with Crippen molar-refractivity contribution in [3.8, 4) is 5.75 Å². The summed E-state index contributed by atoms with van der Waals surface area (Å²) in [6, 6.07) is 13.3. The fraction of sp³-hybridized carbons (Fsp3) is 0.0556. The van der Waals surface area contributed by atoms with E-state index in [1.165, 1.54) is 24.4 Å². The van der Waals surface area contributed by atoms with Gasteiger partial charge in [-0.3, -0.25) is 4.79 Å². The largest absolute Gasteiger partial charge is 0.511 e. The van der Waals surface area contributed by atoms with Gasteiger partial charge in [0.25, 0.3) is 0 Å². The van der Waals surface area contributed by atoms with E-state index in [9.17, 15) is 14.4 Å². The molecule has 8 heteroatoms. The van der Waals surface area contributed by atoms with Crippen LogP contribution in [-0.2, 0) is 11.3 Å². The van der Waals surface area contributed by atoms with E-state index in [1.54, 1.807) is 12.1 Å². The molecule has 26 heavy (non-hydrogen) atoms. The second-order valence-electron chi connectivity index (χ2n) is 5.37. The number of aromatic nitrogens is 1. The summed E-state index contributed by atoms with van der Waals surface area (Å²) >= 11 is 0. The molecule has 8 nitrogen and oxygen atoms in total. The summed E-state index contributed by atoms with van der Waals surface area (Å²) in [6.07, 6.45) is -1.09. The highest BCUT2D eigenvalue weighted by Gasteiger charge is 2.19. The van der Waals surface area contributed by atoms with Crippen LogP contribution in [0.2, 0.25) is 0 Å². The van der Waals surface area contributed by atoms with Crippen LogP contribution in [0.15, 0.2) is 54.7 Å². The molecule has 0 aliphatic heterocycles. The van der Waals surface area contributed by atoms with Crippen LogP contribution in [0.5, 0.6) is 5.75 Å². The predicted molar refractivity (Wildman–Crippen MR) is 91.1 cm³/mol. The summed E-state index contributed by atoms with van der Waals surface area (Å²) in [5, 5.41) is 9.18. The molecule has 132 valence electrons. The lowest BCUT2D eigenvalue weighted by Gasteiger charge is -2.07. The number of nitrogens with two attached hydrogens (primary N) is 1. The Bertz CT molecular complexity index is 994. The van der Waals surface area contributed by atoms with Gasteiger partial charge in [0.05, 0.1) is 11.7 Å². The Morgan fingerprint density at radius 1 is 1.08 bits per heavy atom. The minimum atomic E-state index is -1.53. The minimum absolute atomic E-state index is 0.0317. The summed E-state index contributed by atoms with van der Waals surface area (Å²) < 4.78 is 11.0. The van der Waals surface area contributed by atoms with Gasteiger partial charge < -0.3 is 20.3 Å². The van der Waals surface area contributed by atoms with E-state index in [2.05, 4.69) is 0 Å². The number of carbonyl (C=O) groups is 3.